The smallest absolute Gasteiger partial charge is 0.263 e. The number of hydrogen-bond acceptors (Lipinski definition) is 6. The average Bonchev–Trinajstić information content (AvgIpc) is 3.21. The van der Waals surface area contributed by atoms with E-state index in [1.165, 1.54) is 16.8 Å². The Morgan fingerprint density at radius 3 is 2.62 bits per heavy atom. The Kier molecular flexibility index (Phi) is 5.80. The van der Waals surface area contributed by atoms with Gasteiger partial charge in [0.25, 0.3) is 11.5 Å². The summed E-state index contributed by atoms with van der Waals surface area (Å²) in [5, 5.41) is 6.80. The molecule has 32 heavy (non-hydrogen) atoms. The molecule has 1 N–H and O–H groups in total. The molecular weight excluding hydrogens is 408 g/mol. The predicted molar refractivity (Wildman–Crippen MR) is 120 cm³/mol. The molecule has 0 saturated heterocycles. The molecule has 0 atom stereocenters. The second-order valence-electron chi connectivity index (χ2n) is 7.44. The molecule has 0 spiro atoms. The Hall–Kier alpha value is -4.27. The van der Waals surface area contributed by atoms with E-state index in [-0.39, 0.29) is 17.2 Å². The number of nitrogens with zero attached hydrogens (tertiary/aromatic N) is 5. The minimum Gasteiger partial charge on any atom is -0.456 e. The molecule has 0 radical (unpaired) electrons. The lowest BCUT2D eigenvalue weighted by Gasteiger charge is -2.11. The number of nitrogens with one attached hydrogen (secondary N) is 1. The SMILES string of the molecule is CC(C)n1cccc(C(=O)Nc2ccc(Oc3ccnc(-c4cnn(C)c4)c3)cn2)c1=O. The maximum absolute atomic E-state index is 12.6. The van der Waals surface area contributed by atoms with E-state index in [2.05, 4.69) is 20.4 Å². The molecule has 9 heteroatoms. The van der Waals surface area contributed by atoms with E-state index in [1.807, 2.05) is 33.2 Å². The summed E-state index contributed by atoms with van der Waals surface area (Å²) in [4.78, 5) is 33.6. The normalized spacial score (nSPS) is 10.9. The molecule has 9 nitrogen and oxygen atoms in total. The van der Waals surface area contributed by atoms with E-state index < -0.39 is 5.91 Å². The Morgan fingerprint density at radius 1 is 1.09 bits per heavy atom. The van der Waals surface area contributed by atoms with E-state index in [9.17, 15) is 9.59 Å². The van der Waals surface area contributed by atoms with Gasteiger partial charge in [-0.05, 0) is 44.2 Å². The fraction of sp³-hybridized carbons (Fsp3) is 0.174. The first-order valence-electron chi connectivity index (χ1n) is 10.0. The molecule has 1 amide bonds. The fourth-order valence-electron chi connectivity index (χ4n) is 3.11. The number of amides is 1. The van der Waals surface area contributed by atoms with Crippen LogP contribution in [0.5, 0.6) is 11.5 Å². The highest BCUT2D eigenvalue weighted by atomic mass is 16.5. The Morgan fingerprint density at radius 2 is 1.94 bits per heavy atom. The quantitative estimate of drug-likeness (QED) is 0.501. The first-order valence-corrected chi connectivity index (χ1v) is 10.0. The van der Waals surface area contributed by atoms with Crippen molar-refractivity contribution in [3.63, 3.8) is 0 Å². The van der Waals surface area contributed by atoms with Crippen LogP contribution in [0.1, 0.15) is 30.2 Å². The predicted octanol–water partition coefficient (Wildman–Crippen LogP) is 3.66. The number of rotatable bonds is 6. The number of pyridine rings is 3. The minimum atomic E-state index is -0.513. The lowest BCUT2D eigenvalue weighted by atomic mass is 10.2. The highest BCUT2D eigenvalue weighted by molar-refractivity contribution is 6.03. The van der Waals surface area contributed by atoms with Crippen molar-refractivity contribution in [2.45, 2.75) is 19.9 Å². The van der Waals surface area contributed by atoms with Crippen LogP contribution in [0.3, 0.4) is 0 Å². The van der Waals surface area contributed by atoms with Gasteiger partial charge in [0, 0.05) is 43.3 Å². The van der Waals surface area contributed by atoms with E-state index in [0.29, 0.717) is 17.3 Å². The van der Waals surface area contributed by atoms with Crippen molar-refractivity contribution in [3.05, 3.63) is 83.3 Å². The van der Waals surface area contributed by atoms with E-state index in [1.54, 1.807) is 47.5 Å². The summed E-state index contributed by atoms with van der Waals surface area (Å²) >= 11 is 0. The average molecular weight is 430 g/mol. The van der Waals surface area contributed by atoms with Gasteiger partial charge in [0.05, 0.1) is 18.1 Å². The van der Waals surface area contributed by atoms with Crippen LogP contribution in [-0.2, 0) is 7.05 Å². The van der Waals surface area contributed by atoms with Gasteiger partial charge in [-0.2, -0.15) is 5.10 Å². The van der Waals surface area contributed by atoms with Gasteiger partial charge in [0.1, 0.15) is 22.9 Å². The molecule has 0 aliphatic heterocycles. The zero-order valence-electron chi connectivity index (χ0n) is 17.9. The van der Waals surface area contributed by atoms with Gasteiger partial charge < -0.3 is 14.6 Å². The monoisotopic (exact) mass is 430 g/mol. The molecule has 0 aliphatic rings. The summed E-state index contributed by atoms with van der Waals surface area (Å²) in [6.07, 6.45) is 8.41. The molecule has 0 fully saturated rings. The van der Waals surface area contributed by atoms with Crippen molar-refractivity contribution in [2.75, 3.05) is 5.32 Å². The molecule has 4 aromatic heterocycles. The maximum atomic E-state index is 12.6. The molecule has 4 rings (SSSR count). The Bertz CT molecular complexity index is 1310. The van der Waals surface area contributed by atoms with Gasteiger partial charge in [0.15, 0.2) is 0 Å². The van der Waals surface area contributed by atoms with Gasteiger partial charge in [0.2, 0.25) is 0 Å². The van der Waals surface area contributed by atoms with Gasteiger partial charge in [-0.3, -0.25) is 19.3 Å². The van der Waals surface area contributed by atoms with Gasteiger partial charge in [-0.25, -0.2) is 4.98 Å². The molecule has 0 aromatic carbocycles. The molecule has 162 valence electrons. The van der Waals surface area contributed by atoms with Crippen LogP contribution in [0.4, 0.5) is 5.82 Å². The summed E-state index contributed by atoms with van der Waals surface area (Å²) in [7, 11) is 1.84. The lowest BCUT2D eigenvalue weighted by molar-refractivity contribution is 0.102. The third-order valence-electron chi connectivity index (χ3n) is 4.72. The van der Waals surface area contributed by atoms with E-state index in [0.717, 1.165) is 11.3 Å². The van der Waals surface area contributed by atoms with Crippen LogP contribution in [0, 0.1) is 0 Å². The first-order chi connectivity index (χ1) is 15.4. The summed E-state index contributed by atoms with van der Waals surface area (Å²) < 4.78 is 9.07. The molecule has 0 unspecified atom stereocenters. The third kappa shape index (κ3) is 4.56. The van der Waals surface area contributed by atoms with Crippen LogP contribution in [0.15, 0.2) is 72.2 Å². The highest BCUT2D eigenvalue weighted by Gasteiger charge is 2.14. The van der Waals surface area contributed by atoms with E-state index in [4.69, 9.17) is 4.74 Å². The number of aromatic nitrogens is 5. The molecular formula is C23H22N6O3. The van der Waals surface area contributed by atoms with Crippen molar-refractivity contribution in [1.29, 1.82) is 0 Å². The van der Waals surface area contributed by atoms with Crippen molar-refractivity contribution >= 4 is 11.7 Å². The second-order valence-corrected chi connectivity index (χ2v) is 7.44. The van der Waals surface area contributed by atoms with Crippen molar-refractivity contribution in [2.24, 2.45) is 7.05 Å². The summed E-state index contributed by atoms with van der Waals surface area (Å²) in [5.41, 5.74) is 1.33. The molecule has 0 bridgehead atoms. The number of ether oxygens (including phenoxy) is 1. The van der Waals surface area contributed by atoms with Crippen LogP contribution in [-0.4, -0.2) is 30.2 Å². The first kappa shape index (κ1) is 21.0. The number of hydrogen-bond donors (Lipinski definition) is 1. The fourth-order valence-corrected chi connectivity index (χ4v) is 3.11. The van der Waals surface area contributed by atoms with Crippen LogP contribution < -0.4 is 15.6 Å². The summed E-state index contributed by atoms with van der Waals surface area (Å²) in [6.45, 7) is 3.76. The zero-order chi connectivity index (χ0) is 22.7. The standard InChI is InChI=1S/C23H22N6O3/c1-15(2)29-10-4-5-19(23(29)31)22(30)27-21-7-6-18(13-25-21)32-17-8-9-24-20(11-17)16-12-26-28(3)14-16/h4-15H,1-3H3,(H,25,27,30). The number of aryl methyl sites for hydroxylation is 1. The lowest BCUT2D eigenvalue weighted by Crippen LogP contribution is -2.29. The molecule has 0 aliphatic carbocycles. The van der Waals surface area contributed by atoms with Gasteiger partial charge in [-0.1, -0.05) is 0 Å². The van der Waals surface area contributed by atoms with Crippen LogP contribution in [0.25, 0.3) is 11.3 Å². The maximum Gasteiger partial charge on any atom is 0.263 e. The van der Waals surface area contributed by atoms with Crippen molar-refractivity contribution < 1.29 is 9.53 Å². The summed E-state index contributed by atoms with van der Waals surface area (Å²) in [5.74, 6) is 0.887. The van der Waals surface area contributed by atoms with Gasteiger partial charge in [-0.15, -0.1) is 0 Å². The number of carbonyl (C=O) groups excluding carboxylic acids is 1. The Labute approximate surface area is 184 Å². The largest absolute Gasteiger partial charge is 0.456 e. The molecule has 4 heterocycles. The van der Waals surface area contributed by atoms with Crippen LogP contribution >= 0.6 is 0 Å². The molecule has 0 saturated carbocycles. The topological polar surface area (TPSA) is 104 Å². The van der Waals surface area contributed by atoms with Gasteiger partial charge >= 0.3 is 0 Å². The van der Waals surface area contributed by atoms with Crippen molar-refractivity contribution in [1.82, 2.24) is 24.3 Å². The highest BCUT2D eigenvalue weighted by Crippen LogP contribution is 2.25. The third-order valence-corrected chi connectivity index (χ3v) is 4.72. The number of carbonyl (C=O) groups is 1. The summed E-state index contributed by atoms with van der Waals surface area (Å²) in [6, 6.07) is 9.97. The second kappa shape index (κ2) is 8.84. The van der Waals surface area contributed by atoms with Crippen LogP contribution in [0.2, 0.25) is 0 Å². The molecule has 4 aromatic rings. The Balaban J connectivity index is 1.46. The zero-order valence-corrected chi connectivity index (χ0v) is 17.9. The number of anilines is 1. The van der Waals surface area contributed by atoms with E-state index >= 15 is 0 Å². The minimum absolute atomic E-state index is 0.0448. The van der Waals surface area contributed by atoms with Crippen molar-refractivity contribution in [3.8, 4) is 22.8 Å².